The van der Waals surface area contributed by atoms with Crippen LogP contribution in [-0.2, 0) is 4.79 Å². The number of benzene rings is 1. The first kappa shape index (κ1) is 15.5. The van der Waals surface area contributed by atoms with Crippen LogP contribution in [-0.4, -0.2) is 16.6 Å². The van der Waals surface area contributed by atoms with Gasteiger partial charge in [-0.3, -0.25) is 4.79 Å². The van der Waals surface area contributed by atoms with Gasteiger partial charge in [0.05, 0.1) is 18.6 Å². The van der Waals surface area contributed by atoms with Gasteiger partial charge in [-0.05, 0) is 42.9 Å². The number of rotatable bonds is 4. The molecule has 2 N–H and O–H groups in total. The predicted octanol–water partition coefficient (Wildman–Crippen LogP) is 2.45. The Morgan fingerprint density at radius 2 is 2.43 bits per heavy atom. The Morgan fingerprint density at radius 1 is 1.67 bits per heavy atom. The Hall–Kier alpha value is -1.93. The van der Waals surface area contributed by atoms with Crippen molar-refractivity contribution in [2.24, 2.45) is 5.92 Å². The van der Waals surface area contributed by atoms with Crippen molar-refractivity contribution in [2.45, 2.75) is 44.2 Å². The van der Waals surface area contributed by atoms with Gasteiger partial charge in [0.15, 0.2) is 0 Å². The lowest BCUT2D eigenvalue weighted by molar-refractivity contribution is -0.124. The molecule has 21 heavy (non-hydrogen) atoms. The van der Waals surface area contributed by atoms with Gasteiger partial charge in [-0.1, -0.05) is 19.1 Å². The van der Waals surface area contributed by atoms with Crippen LogP contribution in [0.3, 0.4) is 0 Å². The summed E-state index contributed by atoms with van der Waals surface area (Å²) in [5.74, 6) is -0.746. The normalized spacial score (nSPS) is 26.1. The molecule has 0 saturated heterocycles. The molecule has 0 aromatic heterocycles. The molecule has 3 atom stereocenters. The zero-order valence-electron chi connectivity index (χ0n) is 12.0. The SMILES string of the molecule is CC1CCCC1(C#N)NC(=O)CC(O)c1cccc(F)c1. The molecule has 1 fully saturated rings. The van der Waals surface area contributed by atoms with Crippen molar-refractivity contribution in [3.05, 3.63) is 35.6 Å². The molecule has 0 spiro atoms. The van der Waals surface area contributed by atoms with E-state index in [1.165, 1.54) is 18.2 Å². The zero-order valence-corrected chi connectivity index (χ0v) is 12.0. The minimum Gasteiger partial charge on any atom is -0.388 e. The van der Waals surface area contributed by atoms with E-state index < -0.39 is 17.5 Å². The van der Waals surface area contributed by atoms with Gasteiger partial charge in [-0.25, -0.2) is 4.39 Å². The Morgan fingerprint density at radius 3 is 3.00 bits per heavy atom. The van der Waals surface area contributed by atoms with Gasteiger partial charge in [0.25, 0.3) is 0 Å². The molecule has 3 unspecified atom stereocenters. The highest BCUT2D eigenvalue weighted by Crippen LogP contribution is 2.35. The fourth-order valence-electron chi connectivity index (χ4n) is 2.87. The first-order valence-electron chi connectivity index (χ1n) is 7.12. The van der Waals surface area contributed by atoms with Crippen LogP contribution in [0.25, 0.3) is 0 Å². The van der Waals surface area contributed by atoms with E-state index >= 15 is 0 Å². The van der Waals surface area contributed by atoms with E-state index in [0.717, 1.165) is 12.8 Å². The van der Waals surface area contributed by atoms with Gasteiger partial charge in [0.2, 0.25) is 5.91 Å². The van der Waals surface area contributed by atoms with Crippen LogP contribution < -0.4 is 5.32 Å². The van der Waals surface area contributed by atoms with Crippen molar-refractivity contribution < 1.29 is 14.3 Å². The largest absolute Gasteiger partial charge is 0.388 e. The zero-order chi connectivity index (χ0) is 15.5. The lowest BCUT2D eigenvalue weighted by atomic mass is 9.89. The molecule has 2 rings (SSSR count). The highest BCUT2D eigenvalue weighted by molar-refractivity contribution is 5.78. The molecule has 0 aliphatic heterocycles. The summed E-state index contributed by atoms with van der Waals surface area (Å²) in [4.78, 5) is 12.1. The van der Waals surface area contributed by atoms with Crippen LogP contribution in [0.2, 0.25) is 0 Å². The number of nitrogens with zero attached hydrogens (tertiary/aromatic N) is 1. The average molecular weight is 290 g/mol. The molecule has 1 aromatic carbocycles. The maximum atomic E-state index is 13.1. The summed E-state index contributed by atoms with van der Waals surface area (Å²) in [7, 11) is 0. The number of amides is 1. The van der Waals surface area contributed by atoms with Crippen LogP contribution in [0.1, 0.15) is 44.3 Å². The number of halogens is 1. The molecule has 0 heterocycles. The van der Waals surface area contributed by atoms with Crippen molar-refractivity contribution in [2.75, 3.05) is 0 Å². The minimum atomic E-state index is -1.08. The molecule has 5 heteroatoms. The molecule has 1 amide bonds. The van der Waals surface area contributed by atoms with Gasteiger partial charge in [0.1, 0.15) is 11.4 Å². The topological polar surface area (TPSA) is 73.1 Å². The molecule has 1 aromatic rings. The van der Waals surface area contributed by atoms with E-state index in [2.05, 4.69) is 11.4 Å². The molecule has 1 aliphatic rings. The van der Waals surface area contributed by atoms with Crippen molar-refractivity contribution in [3.63, 3.8) is 0 Å². The Labute approximate surface area is 123 Å². The van der Waals surface area contributed by atoms with Crippen LogP contribution in [0.15, 0.2) is 24.3 Å². The summed E-state index contributed by atoms with van der Waals surface area (Å²) in [5, 5.41) is 22.1. The maximum Gasteiger partial charge on any atom is 0.224 e. The summed E-state index contributed by atoms with van der Waals surface area (Å²) < 4.78 is 13.1. The molecular weight excluding hydrogens is 271 g/mol. The van der Waals surface area contributed by atoms with E-state index in [1.54, 1.807) is 6.07 Å². The number of carbonyl (C=O) groups excluding carboxylic acids is 1. The van der Waals surface area contributed by atoms with Crippen LogP contribution in [0, 0.1) is 23.1 Å². The van der Waals surface area contributed by atoms with E-state index in [0.29, 0.717) is 12.0 Å². The predicted molar refractivity (Wildman–Crippen MR) is 75.5 cm³/mol. The van der Waals surface area contributed by atoms with Crippen LogP contribution in [0.4, 0.5) is 4.39 Å². The molecule has 4 nitrogen and oxygen atoms in total. The molecular formula is C16H19FN2O2. The molecule has 0 radical (unpaired) electrons. The molecule has 1 aliphatic carbocycles. The van der Waals surface area contributed by atoms with Crippen LogP contribution in [0.5, 0.6) is 0 Å². The number of nitriles is 1. The third kappa shape index (κ3) is 3.40. The second-order valence-electron chi connectivity index (χ2n) is 5.70. The van der Waals surface area contributed by atoms with Crippen molar-refractivity contribution in [1.82, 2.24) is 5.32 Å². The molecule has 1 saturated carbocycles. The number of hydrogen-bond acceptors (Lipinski definition) is 3. The Kier molecular flexibility index (Phi) is 4.59. The number of nitrogens with one attached hydrogen (secondary N) is 1. The van der Waals surface area contributed by atoms with Crippen molar-refractivity contribution in [3.8, 4) is 6.07 Å². The smallest absolute Gasteiger partial charge is 0.224 e. The van der Waals surface area contributed by atoms with E-state index in [4.69, 9.17) is 0 Å². The standard InChI is InChI=1S/C16H19FN2O2/c1-11-4-3-7-16(11,10-18)19-15(21)9-14(20)12-5-2-6-13(17)8-12/h2,5-6,8,11,14,20H,3-4,7,9H2,1H3,(H,19,21). The van der Waals surface area contributed by atoms with Gasteiger partial charge < -0.3 is 10.4 Å². The second kappa shape index (κ2) is 6.23. The summed E-state index contributed by atoms with van der Waals surface area (Å²) in [6.45, 7) is 1.94. The summed E-state index contributed by atoms with van der Waals surface area (Å²) in [6.07, 6.45) is 1.18. The highest BCUT2D eigenvalue weighted by atomic mass is 19.1. The number of hydrogen-bond donors (Lipinski definition) is 2. The quantitative estimate of drug-likeness (QED) is 0.894. The molecule has 0 bridgehead atoms. The highest BCUT2D eigenvalue weighted by Gasteiger charge is 2.41. The number of aliphatic hydroxyl groups excluding tert-OH is 1. The Bertz CT molecular complexity index is 570. The minimum absolute atomic E-state index is 0.0952. The second-order valence-corrected chi connectivity index (χ2v) is 5.70. The van der Waals surface area contributed by atoms with Crippen molar-refractivity contribution in [1.29, 1.82) is 5.26 Å². The first-order valence-corrected chi connectivity index (χ1v) is 7.12. The third-order valence-corrected chi connectivity index (χ3v) is 4.22. The van der Waals surface area contributed by atoms with Crippen molar-refractivity contribution >= 4 is 5.91 Å². The van der Waals surface area contributed by atoms with Crippen LogP contribution >= 0.6 is 0 Å². The summed E-state index contributed by atoms with van der Waals surface area (Å²) in [5.41, 5.74) is -0.478. The number of carbonyl (C=O) groups is 1. The lowest BCUT2D eigenvalue weighted by Gasteiger charge is -2.27. The third-order valence-electron chi connectivity index (χ3n) is 4.22. The van der Waals surface area contributed by atoms with Gasteiger partial charge in [-0.2, -0.15) is 5.26 Å². The first-order chi connectivity index (χ1) is 9.97. The van der Waals surface area contributed by atoms with Gasteiger partial charge >= 0.3 is 0 Å². The van der Waals surface area contributed by atoms with E-state index in [9.17, 15) is 19.6 Å². The summed E-state index contributed by atoms with van der Waals surface area (Å²) >= 11 is 0. The summed E-state index contributed by atoms with van der Waals surface area (Å²) in [6, 6.07) is 7.75. The number of aliphatic hydroxyl groups is 1. The van der Waals surface area contributed by atoms with Gasteiger partial charge in [0, 0.05) is 0 Å². The fraction of sp³-hybridized carbons (Fsp3) is 0.500. The Balaban J connectivity index is 2.00. The fourth-order valence-corrected chi connectivity index (χ4v) is 2.87. The lowest BCUT2D eigenvalue weighted by Crippen LogP contribution is -2.49. The average Bonchev–Trinajstić information content (AvgIpc) is 2.80. The monoisotopic (exact) mass is 290 g/mol. The van der Waals surface area contributed by atoms with E-state index in [-0.39, 0.29) is 18.2 Å². The van der Waals surface area contributed by atoms with Gasteiger partial charge in [-0.15, -0.1) is 0 Å². The molecule has 112 valence electrons. The van der Waals surface area contributed by atoms with E-state index in [1.807, 2.05) is 6.92 Å². The maximum absolute atomic E-state index is 13.1.